The molecule has 6 nitrogen and oxygen atoms in total. The molecular weight excluding hydrogens is 344 g/mol. The molecule has 3 rings (SSSR count). The maximum absolute atomic E-state index is 12.5. The topological polar surface area (TPSA) is 69.7 Å². The first-order valence-corrected chi connectivity index (χ1v) is 8.63. The summed E-state index contributed by atoms with van der Waals surface area (Å²) in [6.45, 7) is 4.06. The Labute approximate surface area is 158 Å². The first-order chi connectivity index (χ1) is 13.1. The number of pyridine rings is 1. The Morgan fingerprint density at radius 2 is 1.93 bits per heavy atom. The highest BCUT2D eigenvalue weighted by Crippen LogP contribution is 2.35. The SMILES string of the molecule is CCOC(=O)c1cnc2ccc(C)cc2c1Nc1ccc(OC)cc1OC. The quantitative estimate of drug-likeness (QED) is 0.649. The molecule has 1 aromatic heterocycles. The number of methoxy groups -OCH3 is 2. The smallest absolute Gasteiger partial charge is 0.341 e. The van der Waals surface area contributed by atoms with Gasteiger partial charge in [-0.25, -0.2) is 4.79 Å². The Morgan fingerprint density at radius 3 is 2.63 bits per heavy atom. The zero-order valence-corrected chi connectivity index (χ0v) is 15.8. The number of aryl methyl sites for hydroxylation is 1. The number of benzene rings is 2. The molecule has 0 aliphatic carbocycles. The van der Waals surface area contributed by atoms with Gasteiger partial charge in [0.2, 0.25) is 0 Å². The minimum atomic E-state index is -0.427. The van der Waals surface area contributed by atoms with Gasteiger partial charge in [0.05, 0.1) is 37.7 Å². The highest BCUT2D eigenvalue weighted by Gasteiger charge is 2.18. The Morgan fingerprint density at radius 1 is 1.11 bits per heavy atom. The van der Waals surface area contributed by atoms with Gasteiger partial charge in [0.1, 0.15) is 17.1 Å². The van der Waals surface area contributed by atoms with E-state index in [1.54, 1.807) is 27.2 Å². The largest absolute Gasteiger partial charge is 0.497 e. The normalized spacial score (nSPS) is 10.5. The van der Waals surface area contributed by atoms with Crippen LogP contribution in [-0.2, 0) is 4.74 Å². The van der Waals surface area contributed by atoms with Crippen molar-refractivity contribution in [2.45, 2.75) is 13.8 Å². The lowest BCUT2D eigenvalue weighted by atomic mass is 10.1. The molecule has 0 fully saturated rings. The lowest BCUT2D eigenvalue weighted by Crippen LogP contribution is -2.09. The summed E-state index contributed by atoms with van der Waals surface area (Å²) in [6.07, 6.45) is 1.54. The van der Waals surface area contributed by atoms with Crippen molar-refractivity contribution in [3.63, 3.8) is 0 Å². The second kappa shape index (κ2) is 7.95. The molecule has 0 saturated carbocycles. The van der Waals surface area contributed by atoms with E-state index in [1.165, 1.54) is 6.20 Å². The second-order valence-corrected chi connectivity index (χ2v) is 5.98. The molecule has 0 spiro atoms. The monoisotopic (exact) mass is 366 g/mol. The molecule has 0 bridgehead atoms. The molecule has 0 aliphatic rings. The predicted molar refractivity (Wildman–Crippen MR) is 105 cm³/mol. The summed E-state index contributed by atoms with van der Waals surface area (Å²) in [6, 6.07) is 11.3. The molecule has 0 radical (unpaired) electrons. The number of fused-ring (bicyclic) bond motifs is 1. The number of carbonyl (C=O) groups is 1. The molecule has 140 valence electrons. The minimum absolute atomic E-state index is 0.288. The van der Waals surface area contributed by atoms with Gasteiger partial charge in [0.25, 0.3) is 0 Å². The van der Waals surface area contributed by atoms with Crippen molar-refractivity contribution in [3.05, 3.63) is 53.7 Å². The minimum Gasteiger partial charge on any atom is -0.497 e. The summed E-state index contributed by atoms with van der Waals surface area (Å²) in [5.74, 6) is 0.851. The number of hydrogen-bond acceptors (Lipinski definition) is 6. The summed E-state index contributed by atoms with van der Waals surface area (Å²) in [7, 11) is 3.18. The molecule has 1 heterocycles. The molecule has 0 aliphatic heterocycles. The summed E-state index contributed by atoms with van der Waals surface area (Å²) in [5, 5.41) is 4.16. The van der Waals surface area contributed by atoms with Crippen molar-refractivity contribution in [1.82, 2.24) is 4.98 Å². The van der Waals surface area contributed by atoms with E-state index in [0.717, 1.165) is 16.5 Å². The van der Waals surface area contributed by atoms with Crippen LogP contribution in [0.4, 0.5) is 11.4 Å². The van der Waals surface area contributed by atoms with Gasteiger partial charge in [-0.3, -0.25) is 4.98 Å². The number of carbonyl (C=O) groups excluding carboxylic acids is 1. The average molecular weight is 366 g/mol. The van der Waals surface area contributed by atoms with Crippen molar-refractivity contribution >= 4 is 28.2 Å². The predicted octanol–water partition coefficient (Wildman–Crippen LogP) is 4.48. The molecule has 3 aromatic rings. The lowest BCUT2D eigenvalue weighted by molar-refractivity contribution is 0.0527. The fraction of sp³-hybridized carbons (Fsp3) is 0.238. The highest BCUT2D eigenvalue weighted by atomic mass is 16.5. The van der Waals surface area contributed by atoms with Crippen LogP contribution in [0.3, 0.4) is 0 Å². The number of nitrogens with one attached hydrogen (secondary N) is 1. The fourth-order valence-electron chi connectivity index (χ4n) is 2.84. The maximum Gasteiger partial charge on any atom is 0.341 e. The zero-order chi connectivity index (χ0) is 19.4. The van der Waals surface area contributed by atoms with Crippen molar-refractivity contribution in [1.29, 1.82) is 0 Å². The van der Waals surface area contributed by atoms with Gasteiger partial charge in [-0.05, 0) is 38.1 Å². The summed E-state index contributed by atoms with van der Waals surface area (Å²) in [5.41, 5.74) is 3.55. The van der Waals surface area contributed by atoms with Gasteiger partial charge in [-0.15, -0.1) is 0 Å². The molecular formula is C21H22N2O4. The Bertz CT molecular complexity index is 985. The van der Waals surface area contributed by atoms with Gasteiger partial charge in [-0.2, -0.15) is 0 Å². The van der Waals surface area contributed by atoms with Gasteiger partial charge in [0.15, 0.2) is 0 Å². The molecule has 0 unspecified atom stereocenters. The molecule has 2 aromatic carbocycles. The first kappa shape index (κ1) is 18.5. The zero-order valence-electron chi connectivity index (χ0n) is 15.8. The third kappa shape index (κ3) is 3.79. The van der Waals surface area contributed by atoms with E-state index >= 15 is 0 Å². The van der Waals surface area contributed by atoms with Gasteiger partial charge in [-0.1, -0.05) is 11.6 Å². The van der Waals surface area contributed by atoms with Gasteiger partial charge in [0, 0.05) is 17.6 Å². The van der Waals surface area contributed by atoms with Crippen LogP contribution in [0.15, 0.2) is 42.6 Å². The number of hydrogen-bond donors (Lipinski definition) is 1. The Balaban J connectivity index is 2.17. The van der Waals surface area contributed by atoms with Crippen LogP contribution in [0.5, 0.6) is 11.5 Å². The van der Waals surface area contributed by atoms with E-state index in [1.807, 2.05) is 37.3 Å². The highest BCUT2D eigenvalue weighted by molar-refractivity contribution is 6.06. The molecule has 0 saturated heterocycles. The molecule has 1 N–H and O–H groups in total. The average Bonchev–Trinajstić information content (AvgIpc) is 2.68. The van der Waals surface area contributed by atoms with Crippen molar-refractivity contribution in [2.24, 2.45) is 0 Å². The summed E-state index contributed by atoms with van der Waals surface area (Å²) in [4.78, 5) is 16.9. The van der Waals surface area contributed by atoms with E-state index in [4.69, 9.17) is 14.2 Å². The number of rotatable bonds is 6. The molecule has 0 atom stereocenters. The van der Waals surface area contributed by atoms with Crippen molar-refractivity contribution in [3.8, 4) is 11.5 Å². The molecule has 27 heavy (non-hydrogen) atoms. The summed E-state index contributed by atoms with van der Waals surface area (Å²) >= 11 is 0. The maximum atomic E-state index is 12.5. The second-order valence-electron chi connectivity index (χ2n) is 5.98. The van der Waals surface area contributed by atoms with E-state index in [2.05, 4.69) is 10.3 Å². The van der Waals surface area contributed by atoms with E-state index in [0.29, 0.717) is 28.4 Å². The van der Waals surface area contributed by atoms with E-state index in [9.17, 15) is 4.79 Å². The Hall–Kier alpha value is -3.28. The number of aromatic nitrogens is 1. The third-order valence-electron chi connectivity index (χ3n) is 4.19. The van der Waals surface area contributed by atoms with Crippen LogP contribution in [0, 0.1) is 6.92 Å². The van der Waals surface area contributed by atoms with Crippen LogP contribution in [-0.4, -0.2) is 31.8 Å². The van der Waals surface area contributed by atoms with Crippen molar-refractivity contribution < 1.29 is 19.0 Å². The van der Waals surface area contributed by atoms with E-state index in [-0.39, 0.29) is 6.61 Å². The third-order valence-corrected chi connectivity index (χ3v) is 4.19. The standard InChI is InChI=1S/C21H22N2O4/c1-5-27-21(24)16-12-22-17-8-6-13(2)10-15(17)20(16)23-18-9-7-14(25-3)11-19(18)26-4/h6-12H,5H2,1-4H3,(H,22,23). The number of nitrogens with zero attached hydrogens (tertiary/aromatic N) is 1. The first-order valence-electron chi connectivity index (χ1n) is 8.63. The van der Waals surface area contributed by atoms with Crippen LogP contribution in [0.25, 0.3) is 10.9 Å². The van der Waals surface area contributed by atoms with Crippen LogP contribution >= 0.6 is 0 Å². The van der Waals surface area contributed by atoms with Crippen LogP contribution < -0.4 is 14.8 Å². The fourth-order valence-corrected chi connectivity index (χ4v) is 2.84. The summed E-state index contributed by atoms with van der Waals surface area (Å²) < 4.78 is 15.9. The Kier molecular flexibility index (Phi) is 5.45. The van der Waals surface area contributed by atoms with Gasteiger partial charge >= 0.3 is 5.97 Å². The molecule has 0 amide bonds. The lowest BCUT2D eigenvalue weighted by Gasteiger charge is -2.17. The number of esters is 1. The van der Waals surface area contributed by atoms with Crippen LogP contribution in [0.2, 0.25) is 0 Å². The number of ether oxygens (including phenoxy) is 3. The molecule has 6 heteroatoms. The van der Waals surface area contributed by atoms with E-state index < -0.39 is 5.97 Å². The van der Waals surface area contributed by atoms with Gasteiger partial charge < -0.3 is 19.5 Å². The number of anilines is 2. The van der Waals surface area contributed by atoms with Crippen LogP contribution in [0.1, 0.15) is 22.8 Å². The van der Waals surface area contributed by atoms with Crippen molar-refractivity contribution in [2.75, 3.05) is 26.1 Å².